The second kappa shape index (κ2) is 22.7. The molecule has 2 aliphatic heterocycles. The fourth-order valence-electron chi connectivity index (χ4n) is 10.9. The fourth-order valence-corrected chi connectivity index (χ4v) is 10.9. The zero-order chi connectivity index (χ0) is 51.1. The maximum atomic E-state index is 15.1. The van der Waals surface area contributed by atoms with Crippen molar-refractivity contribution in [2.75, 3.05) is 46.1 Å². The highest BCUT2D eigenvalue weighted by Gasteiger charge is 2.66. The number of ether oxygens (including phenoxy) is 7. The number of hydrogen-bond donors (Lipinski definition) is 3. The summed E-state index contributed by atoms with van der Waals surface area (Å²) in [5.74, 6) is -0.228. The van der Waals surface area contributed by atoms with Gasteiger partial charge in [0.15, 0.2) is 11.5 Å². The van der Waals surface area contributed by atoms with Crippen LogP contribution in [0.1, 0.15) is 80.4 Å². The third-order valence-electron chi connectivity index (χ3n) is 14.4. The lowest BCUT2D eigenvalue weighted by Gasteiger charge is -2.60. The number of nitrogens with one attached hydrogen (secondary N) is 1. The first-order chi connectivity index (χ1) is 35.6. The zero-order valence-electron chi connectivity index (χ0n) is 41.1. The van der Waals surface area contributed by atoms with Gasteiger partial charge in [0.2, 0.25) is 18.5 Å². The Morgan fingerprint density at radius 1 is 0.904 bits per heavy atom. The van der Waals surface area contributed by atoms with Crippen LogP contribution in [-0.2, 0) is 27.5 Å². The molecular formula is C55H62N4O14. The summed E-state index contributed by atoms with van der Waals surface area (Å²) in [5, 5.41) is 39.3. The number of fused-ring (bicyclic) bond motifs is 3. The molecular weight excluding hydrogens is 941 g/mol. The number of oxime groups is 1. The van der Waals surface area contributed by atoms with Gasteiger partial charge >= 0.3 is 6.09 Å². The number of hydrogen-bond acceptors (Lipinski definition) is 15. The summed E-state index contributed by atoms with van der Waals surface area (Å²) in [6, 6.07) is 21.2. The molecule has 4 aromatic carbocycles. The monoisotopic (exact) mass is 1000 g/mol. The minimum atomic E-state index is -1.55. The maximum Gasteiger partial charge on any atom is 0.417 e. The van der Waals surface area contributed by atoms with Crippen LogP contribution in [0.2, 0.25) is 0 Å². The molecule has 386 valence electrons. The van der Waals surface area contributed by atoms with Crippen LogP contribution in [0.25, 0.3) is 0 Å². The lowest BCUT2D eigenvalue weighted by Crippen LogP contribution is -2.70. The Bertz CT molecular complexity index is 2720. The Morgan fingerprint density at radius 3 is 2.37 bits per heavy atom. The Morgan fingerprint density at radius 2 is 1.64 bits per heavy atom. The summed E-state index contributed by atoms with van der Waals surface area (Å²) in [4.78, 5) is 47.9. The number of carbonyl (C=O) groups excluding carboxylic acids is 2. The number of rotatable bonds is 23. The molecule has 0 aromatic heterocycles. The van der Waals surface area contributed by atoms with Crippen LogP contribution >= 0.6 is 0 Å². The summed E-state index contributed by atoms with van der Waals surface area (Å²) in [5.41, 5.74) is 3.93. The number of allylic oxidation sites excluding steroid dienone is 1. The number of amides is 2. The van der Waals surface area contributed by atoms with E-state index in [9.17, 15) is 25.1 Å². The zero-order valence-corrected chi connectivity index (χ0v) is 41.1. The van der Waals surface area contributed by atoms with Crippen LogP contribution in [0.5, 0.6) is 34.5 Å². The van der Waals surface area contributed by atoms with Crippen LogP contribution in [-0.4, -0.2) is 90.4 Å². The molecule has 0 saturated heterocycles. The van der Waals surface area contributed by atoms with E-state index < -0.39 is 34.7 Å². The molecule has 73 heavy (non-hydrogen) atoms. The van der Waals surface area contributed by atoms with Gasteiger partial charge in [-0.15, -0.1) is 6.58 Å². The highest BCUT2D eigenvalue weighted by atomic mass is 16.7. The molecule has 2 saturated carbocycles. The predicted octanol–water partition coefficient (Wildman–Crippen LogP) is 9.22. The van der Waals surface area contributed by atoms with Crippen molar-refractivity contribution in [3.05, 3.63) is 130 Å². The molecule has 0 radical (unpaired) electrons. The Labute approximate surface area is 423 Å². The molecule has 0 bridgehead atoms. The second-order valence-electron chi connectivity index (χ2n) is 19.0. The van der Waals surface area contributed by atoms with Crippen molar-refractivity contribution in [1.82, 2.24) is 4.90 Å². The highest BCUT2D eigenvalue weighted by Crippen LogP contribution is 2.62. The van der Waals surface area contributed by atoms with Crippen LogP contribution in [0, 0.1) is 33.8 Å². The minimum absolute atomic E-state index is 0.00175. The molecule has 0 unspecified atom stereocenters. The normalized spacial score (nSPS) is 22.7. The predicted molar refractivity (Wildman–Crippen MR) is 268 cm³/mol. The number of anilines is 1. The number of aliphatic hydroxyl groups excluding tert-OH is 2. The van der Waals surface area contributed by atoms with E-state index in [0.717, 1.165) is 36.0 Å². The van der Waals surface area contributed by atoms with E-state index in [4.69, 9.17) is 43.2 Å². The van der Waals surface area contributed by atoms with E-state index in [1.165, 1.54) is 26.4 Å². The molecule has 2 fully saturated rings. The van der Waals surface area contributed by atoms with E-state index in [1.807, 2.05) is 29.2 Å². The van der Waals surface area contributed by atoms with Crippen molar-refractivity contribution >= 4 is 29.1 Å². The molecule has 3 N–H and O–H groups in total. The Hall–Kier alpha value is -7.15. The summed E-state index contributed by atoms with van der Waals surface area (Å²) in [6.45, 7) is 4.42. The number of nitro groups is 1. The van der Waals surface area contributed by atoms with Gasteiger partial charge in [0, 0.05) is 61.8 Å². The van der Waals surface area contributed by atoms with Crippen molar-refractivity contribution in [3.8, 4) is 34.5 Å². The SMILES string of the molecule is C=CCO[C@@]12Oc3ccc(OC(=O)Nc4ccc(OC)cc4OC)cc3[C@H]3[C@H](CCCCO)[C@@H](CCCCO)C=C(C(=NOCc4ccc([N+](=O)[O-])cc4)C[C@@H]1N(Cc1ccc4c(c1)OCO4)C(=O)C1CC1)[C@H]32. The third-order valence-corrected chi connectivity index (χ3v) is 14.4. The topological polar surface area (TPSA) is 219 Å². The van der Waals surface area contributed by atoms with Crippen LogP contribution in [0.15, 0.2) is 108 Å². The Balaban J connectivity index is 1.19. The molecule has 2 amide bonds. The number of methoxy groups -OCH3 is 2. The summed E-state index contributed by atoms with van der Waals surface area (Å²) < 4.78 is 42.9. The van der Waals surface area contributed by atoms with Gasteiger partial charge in [0.25, 0.3) is 5.69 Å². The number of nitro benzene ring substituents is 1. The first-order valence-electron chi connectivity index (χ1n) is 24.9. The summed E-state index contributed by atoms with van der Waals surface area (Å²) in [6.07, 6.45) is 8.74. The van der Waals surface area contributed by atoms with E-state index >= 15 is 4.79 Å². The van der Waals surface area contributed by atoms with Crippen molar-refractivity contribution in [3.63, 3.8) is 0 Å². The lowest BCUT2D eigenvalue weighted by atomic mass is 9.55. The van der Waals surface area contributed by atoms with Gasteiger partial charge < -0.3 is 53.1 Å². The third kappa shape index (κ3) is 11.0. The summed E-state index contributed by atoms with van der Waals surface area (Å²) in [7, 11) is 3.03. The van der Waals surface area contributed by atoms with Crippen LogP contribution < -0.4 is 33.7 Å². The molecule has 9 rings (SSSR count). The van der Waals surface area contributed by atoms with Gasteiger partial charge in [0.1, 0.15) is 35.6 Å². The van der Waals surface area contributed by atoms with Gasteiger partial charge in [0.05, 0.1) is 43.1 Å². The second-order valence-corrected chi connectivity index (χ2v) is 19.0. The number of non-ortho nitro benzene ring substituents is 1. The average molecular weight is 1000 g/mol. The van der Waals surface area contributed by atoms with Gasteiger partial charge in [-0.3, -0.25) is 20.2 Å². The number of benzene rings is 4. The van der Waals surface area contributed by atoms with Crippen molar-refractivity contribution in [1.29, 1.82) is 0 Å². The van der Waals surface area contributed by atoms with Gasteiger partial charge in [-0.1, -0.05) is 36.2 Å². The first-order valence-corrected chi connectivity index (χ1v) is 24.9. The molecule has 3 aliphatic carbocycles. The van der Waals surface area contributed by atoms with Crippen molar-refractivity contribution < 1.29 is 62.7 Å². The van der Waals surface area contributed by atoms with Gasteiger partial charge in [-0.25, -0.2) is 4.79 Å². The quantitative estimate of drug-likeness (QED) is 0.0273. The standard InChI is InChI=1S/C55H62N4O14/c1-4-25-70-55-50(58(53(62)36-14-15-36)31-35-13-21-47-49(26-35)69-33-68-47)30-45(57-71-32-34-11-16-38(17-12-34)59(64)65)42-27-37(9-5-7-23-60)41(10-6-8-24-61)51(52(42)55)43-28-40(19-22-46(43)73-55)72-54(63)56-44-20-18-39(66-2)29-48(44)67-3/h4,11-13,16-22,26-29,36-37,41,50-52,60-61H,1,5-10,14-15,23-25,30-33H2,2-3H3,(H,56,63)/t37-,41+,50-,51+,52+,55+/m0/s1. The average Bonchev–Trinajstić information content (AvgIpc) is 4.15. The summed E-state index contributed by atoms with van der Waals surface area (Å²) >= 11 is 0. The maximum absolute atomic E-state index is 15.1. The smallest absolute Gasteiger partial charge is 0.417 e. The number of aliphatic hydroxyl groups is 2. The fraction of sp³-hybridized carbons (Fsp3) is 0.436. The van der Waals surface area contributed by atoms with E-state index in [1.54, 1.807) is 48.5 Å². The van der Waals surface area contributed by atoms with Gasteiger partial charge in [-0.05, 0) is 122 Å². The van der Waals surface area contributed by atoms with Gasteiger partial charge in [-0.2, -0.15) is 0 Å². The highest BCUT2D eigenvalue weighted by molar-refractivity contribution is 6.03. The Kier molecular flexibility index (Phi) is 15.8. The number of carbonyl (C=O) groups is 2. The molecule has 2 heterocycles. The molecule has 4 aromatic rings. The number of nitrogens with zero attached hydrogens (tertiary/aromatic N) is 3. The molecule has 18 heteroatoms. The lowest BCUT2D eigenvalue weighted by molar-refractivity contribution is -0.384. The van der Waals surface area contributed by atoms with E-state index in [0.29, 0.717) is 77.8 Å². The van der Waals surface area contributed by atoms with Crippen molar-refractivity contribution in [2.45, 2.75) is 88.7 Å². The van der Waals surface area contributed by atoms with Crippen LogP contribution in [0.4, 0.5) is 16.2 Å². The number of unbranched alkanes of at least 4 members (excludes halogenated alkanes) is 2. The van der Waals surface area contributed by atoms with Crippen LogP contribution in [0.3, 0.4) is 0 Å². The van der Waals surface area contributed by atoms with E-state index in [-0.39, 0.29) is 81.3 Å². The minimum Gasteiger partial charge on any atom is -0.497 e. The molecule has 5 aliphatic rings. The van der Waals surface area contributed by atoms with E-state index in [2.05, 4.69) is 18.0 Å². The first kappa shape index (κ1) is 50.8. The molecule has 6 atom stereocenters. The molecule has 18 nitrogen and oxygen atoms in total. The van der Waals surface area contributed by atoms with Crippen molar-refractivity contribution in [2.24, 2.45) is 28.8 Å². The molecule has 0 spiro atoms. The largest absolute Gasteiger partial charge is 0.497 e.